The van der Waals surface area contributed by atoms with E-state index in [1.807, 2.05) is 6.07 Å². The summed E-state index contributed by atoms with van der Waals surface area (Å²) in [5.41, 5.74) is 1.01. The minimum Gasteiger partial charge on any atom is -0.507 e. The number of aliphatic hydroxyl groups excluding tert-OH is 1. The van der Waals surface area contributed by atoms with Gasteiger partial charge in [0.05, 0.1) is 18.7 Å². The lowest BCUT2D eigenvalue weighted by atomic mass is 9.95. The number of rotatable bonds is 4. The second-order valence-corrected chi connectivity index (χ2v) is 7.66. The van der Waals surface area contributed by atoms with Gasteiger partial charge < -0.3 is 14.4 Å². The van der Waals surface area contributed by atoms with Gasteiger partial charge in [-0.05, 0) is 48.9 Å². The number of aliphatic hydroxyl groups is 1. The van der Waals surface area contributed by atoms with Crippen LogP contribution in [0.1, 0.15) is 22.9 Å². The molecular weight excluding hydrogens is 452 g/mol. The maximum absolute atomic E-state index is 13.0. The zero-order valence-corrected chi connectivity index (χ0v) is 17.7. The predicted molar refractivity (Wildman–Crippen MR) is 113 cm³/mol. The van der Waals surface area contributed by atoms with Crippen molar-refractivity contribution in [2.24, 2.45) is 0 Å². The average molecular weight is 469 g/mol. The van der Waals surface area contributed by atoms with E-state index in [2.05, 4.69) is 21.1 Å². The van der Waals surface area contributed by atoms with Crippen LogP contribution in [0, 0.1) is 6.92 Å². The maximum atomic E-state index is 13.0. The fourth-order valence-corrected chi connectivity index (χ4v) is 3.85. The summed E-state index contributed by atoms with van der Waals surface area (Å²) in [5.74, 6) is -0.557. The number of halogens is 1. The first-order chi connectivity index (χ1) is 14.4. The Morgan fingerprint density at radius 2 is 1.90 bits per heavy atom. The summed E-state index contributed by atoms with van der Waals surface area (Å²) >= 11 is 3.42. The summed E-state index contributed by atoms with van der Waals surface area (Å²) in [6.07, 6.45) is 0. The fraction of sp³-hybridized carbons (Fsp3) is 0.136. The first kappa shape index (κ1) is 19.9. The molecule has 30 heavy (non-hydrogen) atoms. The van der Waals surface area contributed by atoms with Crippen LogP contribution in [0.3, 0.4) is 0 Å². The number of anilines is 1. The van der Waals surface area contributed by atoms with Gasteiger partial charge in [0.1, 0.15) is 17.3 Å². The molecule has 1 fully saturated rings. The minimum absolute atomic E-state index is 0.0241. The monoisotopic (exact) mass is 468 g/mol. The van der Waals surface area contributed by atoms with E-state index in [0.29, 0.717) is 22.6 Å². The molecule has 0 unspecified atom stereocenters. The molecule has 0 radical (unpaired) electrons. The Balaban J connectivity index is 1.92. The van der Waals surface area contributed by atoms with E-state index in [9.17, 15) is 14.7 Å². The van der Waals surface area contributed by atoms with Crippen LogP contribution in [0.4, 0.5) is 5.82 Å². The molecule has 8 heteroatoms. The van der Waals surface area contributed by atoms with Crippen LogP contribution in [0.25, 0.3) is 5.76 Å². The highest BCUT2D eigenvalue weighted by atomic mass is 79.9. The van der Waals surface area contributed by atoms with Crippen LogP contribution < -0.4 is 9.64 Å². The Bertz CT molecular complexity index is 1170. The standard InChI is InChI=1S/C22H17BrN2O5/c1-12-10-17(24-30-12)25-19(14-4-3-5-15(23)11-14)18(21(27)22(25)28)20(26)13-6-8-16(29-2)9-7-13/h3-11,19,26H,1-2H3/b20-18+/t19-/m0/s1. The van der Waals surface area contributed by atoms with Crippen molar-refractivity contribution in [1.29, 1.82) is 0 Å². The van der Waals surface area contributed by atoms with E-state index >= 15 is 0 Å². The molecule has 1 atom stereocenters. The van der Waals surface area contributed by atoms with Crippen molar-refractivity contribution >= 4 is 39.2 Å². The van der Waals surface area contributed by atoms with Crippen molar-refractivity contribution in [2.75, 3.05) is 12.0 Å². The Kier molecular flexibility index (Phi) is 5.17. The van der Waals surface area contributed by atoms with Crippen LogP contribution >= 0.6 is 15.9 Å². The van der Waals surface area contributed by atoms with E-state index < -0.39 is 17.7 Å². The number of amides is 1. The highest BCUT2D eigenvalue weighted by Gasteiger charge is 2.48. The van der Waals surface area contributed by atoms with Crippen molar-refractivity contribution < 1.29 is 24.0 Å². The fourth-order valence-electron chi connectivity index (χ4n) is 3.43. The second kappa shape index (κ2) is 7.79. The Morgan fingerprint density at radius 1 is 1.17 bits per heavy atom. The molecule has 0 bridgehead atoms. The lowest BCUT2D eigenvalue weighted by molar-refractivity contribution is -0.132. The van der Waals surface area contributed by atoms with Crippen LogP contribution in [0.2, 0.25) is 0 Å². The molecule has 1 aliphatic heterocycles. The summed E-state index contributed by atoms with van der Waals surface area (Å²) in [7, 11) is 1.54. The lowest BCUT2D eigenvalue weighted by Gasteiger charge is -2.23. The van der Waals surface area contributed by atoms with E-state index in [-0.39, 0.29) is 17.2 Å². The molecule has 7 nitrogen and oxygen atoms in total. The van der Waals surface area contributed by atoms with Crippen LogP contribution in [-0.2, 0) is 9.59 Å². The van der Waals surface area contributed by atoms with Crippen molar-refractivity contribution in [1.82, 2.24) is 5.16 Å². The first-order valence-electron chi connectivity index (χ1n) is 9.05. The number of aryl methyl sites for hydroxylation is 1. The number of methoxy groups -OCH3 is 1. The third-order valence-corrected chi connectivity index (χ3v) is 5.33. The normalized spacial score (nSPS) is 18.1. The van der Waals surface area contributed by atoms with Gasteiger partial charge in [-0.25, -0.2) is 0 Å². The van der Waals surface area contributed by atoms with E-state index in [4.69, 9.17) is 9.26 Å². The predicted octanol–water partition coefficient (Wildman–Crippen LogP) is 4.38. The molecule has 2 heterocycles. The molecule has 1 aromatic heterocycles. The number of aromatic nitrogens is 1. The minimum atomic E-state index is -0.867. The topological polar surface area (TPSA) is 92.9 Å². The molecule has 0 aliphatic carbocycles. The molecule has 0 spiro atoms. The largest absolute Gasteiger partial charge is 0.507 e. The second-order valence-electron chi connectivity index (χ2n) is 6.75. The molecule has 1 N–H and O–H groups in total. The number of Topliss-reactive ketones (excluding diaryl/α,β-unsaturated/α-hetero) is 1. The number of ketones is 1. The van der Waals surface area contributed by atoms with Crippen LogP contribution in [0.15, 0.2) is 69.2 Å². The molecule has 1 saturated heterocycles. The van der Waals surface area contributed by atoms with E-state index in [1.54, 1.807) is 55.5 Å². The lowest BCUT2D eigenvalue weighted by Crippen LogP contribution is -2.29. The van der Waals surface area contributed by atoms with Crippen molar-refractivity contribution in [3.63, 3.8) is 0 Å². The van der Waals surface area contributed by atoms with Crippen molar-refractivity contribution in [3.05, 3.63) is 81.5 Å². The summed E-state index contributed by atoms with van der Waals surface area (Å²) in [5, 5.41) is 14.9. The Hall–Kier alpha value is -3.39. The number of hydrogen-bond acceptors (Lipinski definition) is 6. The molecule has 152 valence electrons. The van der Waals surface area contributed by atoms with Gasteiger partial charge in [-0.15, -0.1) is 0 Å². The zero-order chi connectivity index (χ0) is 21.4. The quantitative estimate of drug-likeness (QED) is 0.347. The number of carbonyl (C=O) groups is 2. The number of benzene rings is 2. The number of nitrogens with zero attached hydrogens (tertiary/aromatic N) is 2. The average Bonchev–Trinajstić information content (AvgIpc) is 3.28. The summed E-state index contributed by atoms with van der Waals surface area (Å²) in [4.78, 5) is 27.2. The van der Waals surface area contributed by atoms with Crippen molar-refractivity contribution in [3.8, 4) is 5.75 Å². The van der Waals surface area contributed by atoms with Gasteiger partial charge in [0.25, 0.3) is 5.78 Å². The van der Waals surface area contributed by atoms with Gasteiger partial charge in [0.15, 0.2) is 5.82 Å². The summed E-state index contributed by atoms with van der Waals surface area (Å²) in [6, 6.07) is 14.5. The third-order valence-electron chi connectivity index (χ3n) is 4.83. The number of ether oxygens (including phenoxy) is 1. The van der Waals surface area contributed by atoms with Crippen LogP contribution in [0.5, 0.6) is 5.75 Å². The highest BCUT2D eigenvalue weighted by Crippen LogP contribution is 2.42. The highest BCUT2D eigenvalue weighted by molar-refractivity contribution is 9.10. The summed E-state index contributed by atoms with van der Waals surface area (Å²) < 4.78 is 11.0. The zero-order valence-electron chi connectivity index (χ0n) is 16.1. The number of hydrogen-bond donors (Lipinski definition) is 1. The molecule has 0 saturated carbocycles. The maximum Gasteiger partial charge on any atom is 0.301 e. The molecule has 1 amide bonds. The van der Waals surface area contributed by atoms with Gasteiger partial charge >= 0.3 is 5.91 Å². The van der Waals surface area contributed by atoms with Crippen molar-refractivity contribution in [2.45, 2.75) is 13.0 Å². The SMILES string of the molecule is COc1ccc(/C(O)=C2\C(=O)C(=O)N(c3cc(C)on3)[C@H]2c2cccc(Br)c2)cc1. The van der Waals surface area contributed by atoms with E-state index in [0.717, 1.165) is 4.47 Å². The Labute approximate surface area is 180 Å². The molecule has 4 rings (SSSR count). The van der Waals surface area contributed by atoms with E-state index in [1.165, 1.54) is 12.0 Å². The van der Waals surface area contributed by atoms with Gasteiger partial charge in [0.2, 0.25) is 0 Å². The molecule has 2 aromatic carbocycles. The van der Waals surface area contributed by atoms with Gasteiger partial charge in [0, 0.05) is 16.1 Å². The molecular formula is C22H17BrN2O5. The van der Waals surface area contributed by atoms with Crippen LogP contribution in [-0.4, -0.2) is 29.1 Å². The van der Waals surface area contributed by atoms with Gasteiger partial charge in [-0.2, -0.15) is 0 Å². The number of carbonyl (C=O) groups excluding carboxylic acids is 2. The summed E-state index contributed by atoms with van der Waals surface area (Å²) in [6.45, 7) is 1.69. The first-order valence-corrected chi connectivity index (χ1v) is 9.84. The molecule has 3 aromatic rings. The smallest absolute Gasteiger partial charge is 0.301 e. The van der Waals surface area contributed by atoms with Gasteiger partial charge in [-0.3, -0.25) is 14.5 Å². The Morgan fingerprint density at radius 3 is 2.50 bits per heavy atom. The molecule has 1 aliphatic rings. The third kappa shape index (κ3) is 3.39. The van der Waals surface area contributed by atoms with Gasteiger partial charge in [-0.1, -0.05) is 33.2 Å².